The van der Waals surface area contributed by atoms with Crippen molar-refractivity contribution in [2.75, 3.05) is 18.0 Å². The highest BCUT2D eigenvalue weighted by Gasteiger charge is 2.10. The standard InChI is InChI=1S/C13H18N2O/c1-2-13(16)11-15(10-6-9-14)12-7-4-3-5-8-12/h3-5,7-8,13,16H,2,6,10-11H2,1H3. The fourth-order valence-corrected chi connectivity index (χ4v) is 1.53. The highest BCUT2D eigenvalue weighted by molar-refractivity contribution is 5.46. The van der Waals surface area contributed by atoms with Crippen LogP contribution in [0.15, 0.2) is 30.3 Å². The highest BCUT2D eigenvalue weighted by Crippen LogP contribution is 2.14. The predicted molar refractivity (Wildman–Crippen MR) is 65.2 cm³/mol. The predicted octanol–water partition coefficient (Wildman–Crippen LogP) is 2.18. The van der Waals surface area contributed by atoms with E-state index in [4.69, 9.17) is 5.26 Å². The van der Waals surface area contributed by atoms with E-state index in [1.54, 1.807) is 0 Å². The van der Waals surface area contributed by atoms with Crippen LogP contribution in [0.3, 0.4) is 0 Å². The van der Waals surface area contributed by atoms with Crippen molar-refractivity contribution in [3.05, 3.63) is 30.3 Å². The van der Waals surface area contributed by atoms with Gasteiger partial charge in [0.15, 0.2) is 0 Å². The maximum Gasteiger partial charge on any atom is 0.0712 e. The molecule has 86 valence electrons. The number of aliphatic hydroxyl groups is 1. The molecular weight excluding hydrogens is 200 g/mol. The van der Waals surface area contributed by atoms with Crippen molar-refractivity contribution in [2.24, 2.45) is 0 Å². The zero-order valence-electron chi connectivity index (χ0n) is 9.63. The van der Waals surface area contributed by atoms with Crippen LogP contribution in [0.1, 0.15) is 19.8 Å². The summed E-state index contributed by atoms with van der Waals surface area (Å²) in [5.74, 6) is 0. The first-order valence-electron chi connectivity index (χ1n) is 5.63. The molecule has 16 heavy (non-hydrogen) atoms. The monoisotopic (exact) mass is 218 g/mol. The number of anilines is 1. The fraction of sp³-hybridized carbons (Fsp3) is 0.462. The van der Waals surface area contributed by atoms with Gasteiger partial charge in [-0.25, -0.2) is 0 Å². The molecule has 3 heteroatoms. The number of para-hydroxylation sites is 1. The van der Waals surface area contributed by atoms with E-state index in [-0.39, 0.29) is 6.10 Å². The molecule has 1 N–H and O–H groups in total. The number of hydrogen-bond donors (Lipinski definition) is 1. The second-order valence-electron chi connectivity index (χ2n) is 3.75. The van der Waals surface area contributed by atoms with Gasteiger partial charge in [0.2, 0.25) is 0 Å². The molecule has 0 saturated heterocycles. The van der Waals surface area contributed by atoms with Crippen molar-refractivity contribution in [1.29, 1.82) is 5.26 Å². The summed E-state index contributed by atoms with van der Waals surface area (Å²) in [6.45, 7) is 3.21. The van der Waals surface area contributed by atoms with Crippen molar-refractivity contribution in [1.82, 2.24) is 0 Å². The van der Waals surface area contributed by atoms with E-state index in [0.29, 0.717) is 19.5 Å². The third kappa shape index (κ3) is 3.92. The number of nitriles is 1. The zero-order valence-corrected chi connectivity index (χ0v) is 9.63. The Hall–Kier alpha value is -1.53. The Bertz CT molecular complexity index is 332. The molecule has 0 heterocycles. The van der Waals surface area contributed by atoms with Gasteiger partial charge in [-0.1, -0.05) is 25.1 Å². The van der Waals surface area contributed by atoms with Crippen LogP contribution in [0, 0.1) is 11.3 Å². The van der Waals surface area contributed by atoms with Crippen LogP contribution in [0.4, 0.5) is 5.69 Å². The van der Waals surface area contributed by atoms with Crippen LogP contribution in [0.2, 0.25) is 0 Å². The molecule has 0 spiro atoms. The Balaban J connectivity index is 2.68. The molecular formula is C13H18N2O. The van der Waals surface area contributed by atoms with Crippen molar-refractivity contribution >= 4 is 5.69 Å². The van der Waals surface area contributed by atoms with Crippen LogP contribution in [-0.2, 0) is 0 Å². The van der Waals surface area contributed by atoms with Gasteiger partial charge in [0, 0.05) is 18.8 Å². The van der Waals surface area contributed by atoms with E-state index in [2.05, 4.69) is 11.0 Å². The molecule has 1 rings (SSSR count). The Morgan fingerprint density at radius 3 is 2.62 bits per heavy atom. The van der Waals surface area contributed by atoms with E-state index in [1.807, 2.05) is 37.3 Å². The topological polar surface area (TPSA) is 47.3 Å². The van der Waals surface area contributed by atoms with E-state index in [9.17, 15) is 5.11 Å². The summed E-state index contributed by atoms with van der Waals surface area (Å²) in [4.78, 5) is 2.05. The molecule has 0 aliphatic heterocycles. The Morgan fingerprint density at radius 1 is 1.38 bits per heavy atom. The smallest absolute Gasteiger partial charge is 0.0712 e. The molecule has 0 bridgehead atoms. The first-order chi connectivity index (χ1) is 7.77. The van der Waals surface area contributed by atoms with E-state index >= 15 is 0 Å². The van der Waals surface area contributed by atoms with Gasteiger partial charge in [0.1, 0.15) is 0 Å². The van der Waals surface area contributed by atoms with Gasteiger partial charge in [-0.3, -0.25) is 0 Å². The largest absolute Gasteiger partial charge is 0.391 e. The number of hydrogen-bond acceptors (Lipinski definition) is 3. The van der Waals surface area contributed by atoms with E-state index in [0.717, 1.165) is 12.1 Å². The number of nitrogens with zero attached hydrogens (tertiary/aromatic N) is 2. The van der Waals surface area contributed by atoms with E-state index in [1.165, 1.54) is 0 Å². The molecule has 0 amide bonds. The van der Waals surface area contributed by atoms with Crippen molar-refractivity contribution in [3.63, 3.8) is 0 Å². The number of aliphatic hydroxyl groups excluding tert-OH is 1. The first kappa shape index (κ1) is 12.5. The zero-order chi connectivity index (χ0) is 11.8. The van der Waals surface area contributed by atoms with E-state index < -0.39 is 0 Å². The summed E-state index contributed by atoms with van der Waals surface area (Å²) < 4.78 is 0. The van der Waals surface area contributed by atoms with Gasteiger partial charge < -0.3 is 10.0 Å². The lowest BCUT2D eigenvalue weighted by Gasteiger charge is -2.26. The lowest BCUT2D eigenvalue weighted by molar-refractivity contribution is 0.175. The number of rotatable bonds is 6. The minimum Gasteiger partial charge on any atom is -0.391 e. The second kappa shape index (κ2) is 6.86. The quantitative estimate of drug-likeness (QED) is 0.796. The lowest BCUT2D eigenvalue weighted by atomic mass is 10.2. The number of benzene rings is 1. The summed E-state index contributed by atoms with van der Waals surface area (Å²) in [7, 11) is 0. The molecule has 1 atom stereocenters. The highest BCUT2D eigenvalue weighted by atomic mass is 16.3. The molecule has 0 aliphatic carbocycles. The first-order valence-corrected chi connectivity index (χ1v) is 5.63. The molecule has 1 aromatic rings. The van der Waals surface area contributed by atoms with Crippen LogP contribution >= 0.6 is 0 Å². The summed E-state index contributed by atoms with van der Waals surface area (Å²) in [6.07, 6.45) is 0.875. The molecule has 1 unspecified atom stereocenters. The van der Waals surface area contributed by atoms with Crippen molar-refractivity contribution < 1.29 is 5.11 Å². The Kier molecular flexibility index (Phi) is 5.38. The third-order valence-corrected chi connectivity index (χ3v) is 2.52. The van der Waals surface area contributed by atoms with Gasteiger partial charge in [-0.2, -0.15) is 5.26 Å². The Labute approximate surface area is 96.9 Å². The molecule has 1 aromatic carbocycles. The van der Waals surface area contributed by atoms with Gasteiger partial charge >= 0.3 is 0 Å². The average molecular weight is 218 g/mol. The molecule has 0 aliphatic rings. The third-order valence-electron chi connectivity index (χ3n) is 2.52. The normalized spacial score (nSPS) is 11.8. The van der Waals surface area contributed by atoms with Gasteiger partial charge in [0.25, 0.3) is 0 Å². The lowest BCUT2D eigenvalue weighted by Crippen LogP contribution is -2.32. The average Bonchev–Trinajstić information content (AvgIpc) is 2.35. The van der Waals surface area contributed by atoms with Crippen LogP contribution < -0.4 is 4.90 Å². The molecule has 0 radical (unpaired) electrons. The van der Waals surface area contributed by atoms with Gasteiger partial charge in [0.05, 0.1) is 18.6 Å². The van der Waals surface area contributed by atoms with Crippen LogP contribution in [-0.4, -0.2) is 24.3 Å². The summed E-state index contributed by atoms with van der Waals surface area (Å²) in [6, 6.07) is 12.0. The maximum absolute atomic E-state index is 9.66. The molecule has 0 aromatic heterocycles. The fourth-order valence-electron chi connectivity index (χ4n) is 1.53. The van der Waals surface area contributed by atoms with Gasteiger partial charge in [-0.15, -0.1) is 0 Å². The summed E-state index contributed by atoms with van der Waals surface area (Å²) >= 11 is 0. The molecule has 0 fully saturated rings. The summed E-state index contributed by atoms with van der Waals surface area (Å²) in [5.41, 5.74) is 1.06. The van der Waals surface area contributed by atoms with Gasteiger partial charge in [-0.05, 0) is 18.6 Å². The Morgan fingerprint density at radius 2 is 2.06 bits per heavy atom. The minimum atomic E-state index is -0.334. The maximum atomic E-state index is 9.66. The van der Waals surface area contributed by atoms with Crippen molar-refractivity contribution in [2.45, 2.75) is 25.9 Å². The SMILES string of the molecule is CCC(O)CN(CCC#N)c1ccccc1. The molecule has 0 saturated carbocycles. The minimum absolute atomic E-state index is 0.334. The van der Waals surface area contributed by atoms with Crippen molar-refractivity contribution in [3.8, 4) is 6.07 Å². The van der Waals surface area contributed by atoms with Crippen LogP contribution in [0.25, 0.3) is 0 Å². The summed E-state index contributed by atoms with van der Waals surface area (Å²) in [5, 5.41) is 18.3. The second-order valence-corrected chi connectivity index (χ2v) is 3.75. The van der Waals surface area contributed by atoms with Crippen LogP contribution in [0.5, 0.6) is 0 Å². The molecule has 3 nitrogen and oxygen atoms in total.